The molecule has 0 N–H and O–H groups in total. The van der Waals surface area contributed by atoms with Crippen LogP contribution >= 0.6 is 35.0 Å². The average molecular weight is 264 g/mol. The van der Waals surface area contributed by atoms with Crippen molar-refractivity contribution in [3.05, 3.63) is 10.4 Å². The fourth-order valence-corrected chi connectivity index (χ4v) is 1.78. The minimum Gasteiger partial charge on any atom is -0.223 e. The minimum absolute atomic E-state index is 0.0250. The molecule has 2 aromatic heterocycles. The van der Waals surface area contributed by atoms with Crippen LogP contribution in [0.2, 0.25) is 10.4 Å². The number of nitrogens with zero attached hydrogens (tertiary/aromatic N) is 7. The fraction of sp³-hybridized carbons (Fsp3) is 0.200. The molecule has 0 unspecified atom stereocenters. The Morgan fingerprint density at radius 3 is 2.67 bits per heavy atom. The van der Waals surface area contributed by atoms with Crippen LogP contribution < -0.4 is 0 Å². The normalized spacial score (nSPS) is 10.6. The summed E-state index contributed by atoms with van der Waals surface area (Å²) in [5.74, 6) is 0. The first-order valence-electron chi connectivity index (χ1n) is 3.63. The van der Waals surface area contributed by atoms with E-state index >= 15 is 0 Å². The number of rotatable bonds is 2. The van der Waals surface area contributed by atoms with E-state index in [0.717, 1.165) is 11.8 Å². The van der Waals surface area contributed by atoms with Crippen molar-refractivity contribution in [3.63, 3.8) is 0 Å². The van der Waals surface area contributed by atoms with Gasteiger partial charge in [-0.1, -0.05) is 11.6 Å². The predicted octanol–water partition coefficient (Wildman–Crippen LogP) is 0.853. The van der Waals surface area contributed by atoms with Gasteiger partial charge >= 0.3 is 0 Å². The van der Waals surface area contributed by atoms with Crippen LogP contribution in [-0.4, -0.2) is 35.4 Å². The van der Waals surface area contributed by atoms with Crippen molar-refractivity contribution < 1.29 is 0 Å². The van der Waals surface area contributed by atoms with Crippen molar-refractivity contribution in [1.82, 2.24) is 35.4 Å². The molecule has 10 heteroatoms. The van der Waals surface area contributed by atoms with Gasteiger partial charge in [-0.15, -0.1) is 15.3 Å². The summed E-state index contributed by atoms with van der Waals surface area (Å²) in [6, 6.07) is 0. The van der Waals surface area contributed by atoms with Gasteiger partial charge in [0.05, 0.1) is 0 Å². The van der Waals surface area contributed by atoms with Crippen LogP contribution in [0.5, 0.6) is 0 Å². The molecule has 0 saturated heterocycles. The lowest BCUT2D eigenvalue weighted by atomic mass is 10.9. The van der Waals surface area contributed by atoms with Gasteiger partial charge < -0.3 is 0 Å². The molecule has 0 atom stereocenters. The smallest absolute Gasteiger partial charge is 0.223 e. The van der Waals surface area contributed by atoms with Crippen molar-refractivity contribution in [2.45, 2.75) is 10.2 Å². The van der Waals surface area contributed by atoms with Gasteiger partial charge in [-0.3, -0.25) is 0 Å². The monoisotopic (exact) mass is 263 g/mol. The Hall–Kier alpha value is -0.990. The quantitative estimate of drug-likeness (QED) is 0.795. The van der Waals surface area contributed by atoms with Crippen molar-refractivity contribution in [2.75, 3.05) is 0 Å². The summed E-state index contributed by atoms with van der Waals surface area (Å²) in [7, 11) is 1.70. The van der Waals surface area contributed by atoms with E-state index in [1.54, 1.807) is 7.05 Å². The summed E-state index contributed by atoms with van der Waals surface area (Å²) in [5, 5.41) is 19.1. The molecule has 0 radical (unpaired) electrons. The van der Waals surface area contributed by atoms with Gasteiger partial charge in [-0.2, -0.15) is 0 Å². The lowest BCUT2D eigenvalue weighted by Crippen LogP contribution is -1.96. The van der Waals surface area contributed by atoms with Gasteiger partial charge in [0.15, 0.2) is 5.15 Å². The van der Waals surface area contributed by atoms with Gasteiger partial charge in [0.25, 0.3) is 0 Å². The lowest BCUT2D eigenvalue weighted by Gasteiger charge is -1.99. The Morgan fingerprint density at radius 2 is 2.00 bits per heavy atom. The molecule has 15 heavy (non-hydrogen) atoms. The van der Waals surface area contributed by atoms with Gasteiger partial charge in [0.2, 0.25) is 10.4 Å². The van der Waals surface area contributed by atoms with E-state index in [1.165, 1.54) is 4.68 Å². The number of hydrogen-bond donors (Lipinski definition) is 0. The number of aromatic nitrogens is 7. The molecule has 0 aliphatic carbocycles. The third kappa shape index (κ3) is 2.33. The van der Waals surface area contributed by atoms with Crippen LogP contribution in [0.1, 0.15) is 0 Å². The van der Waals surface area contributed by atoms with E-state index in [2.05, 4.69) is 30.7 Å². The lowest BCUT2D eigenvalue weighted by molar-refractivity contribution is 0.664. The van der Waals surface area contributed by atoms with Crippen LogP contribution in [0.25, 0.3) is 0 Å². The Labute approximate surface area is 98.2 Å². The average Bonchev–Trinajstić information content (AvgIpc) is 2.58. The molecule has 0 aromatic carbocycles. The molecule has 2 heterocycles. The molecule has 0 bridgehead atoms. The van der Waals surface area contributed by atoms with Crippen LogP contribution in [-0.2, 0) is 7.05 Å². The second kappa shape index (κ2) is 4.25. The van der Waals surface area contributed by atoms with Crippen molar-refractivity contribution in [1.29, 1.82) is 0 Å². The zero-order valence-electron chi connectivity index (χ0n) is 7.29. The first kappa shape index (κ1) is 10.5. The number of halogens is 2. The number of tetrazole rings is 1. The summed E-state index contributed by atoms with van der Waals surface area (Å²) >= 11 is 12.5. The van der Waals surface area contributed by atoms with Crippen LogP contribution in [0.15, 0.2) is 10.2 Å². The Bertz CT molecular complexity index is 486. The molecule has 2 aromatic rings. The van der Waals surface area contributed by atoms with E-state index in [9.17, 15) is 0 Å². The number of hydrogen-bond acceptors (Lipinski definition) is 7. The molecule has 0 spiro atoms. The number of aryl methyl sites for hydroxylation is 1. The molecule has 0 aliphatic heterocycles. The topological polar surface area (TPSA) is 82.3 Å². The van der Waals surface area contributed by atoms with Gasteiger partial charge in [0.1, 0.15) is 5.03 Å². The largest absolute Gasteiger partial charge is 0.244 e. The van der Waals surface area contributed by atoms with Gasteiger partial charge in [-0.25, -0.2) is 9.67 Å². The highest BCUT2D eigenvalue weighted by atomic mass is 35.5. The third-order valence-corrected chi connectivity index (χ3v) is 2.89. The standard InChI is InChI=1S/C5H3Cl2N7S/c1-14-5(11-12-13-14)15-3-2(6)9-10-4(7)8-3/h1H3. The maximum absolute atomic E-state index is 5.77. The van der Waals surface area contributed by atoms with Crippen LogP contribution in [0.4, 0.5) is 0 Å². The molecule has 0 fully saturated rings. The molecule has 0 saturated carbocycles. The highest BCUT2D eigenvalue weighted by Gasteiger charge is 2.12. The zero-order chi connectivity index (χ0) is 10.8. The highest BCUT2D eigenvalue weighted by Crippen LogP contribution is 2.28. The van der Waals surface area contributed by atoms with Gasteiger partial charge in [-0.05, 0) is 33.8 Å². The molecule has 2 rings (SSSR count). The summed E-state index contributed by atoms with van der Waals surface area (Å²) in [6.45, 7) is 0. The predicted molar refractivity (Wildman–Crippen MR) is 52.8 cm³/mol. The van der Waals surface area contributed by atoms with Crippen molar-refractivity contribution in [3.8, 4) is 0 Å². The van der Waals surface area contributed by atoms with E-state index < -0.39 is 0 Å². The van der Waals surface area contributed by atoms with Crippen molar-refractivity contribution >= 4 is 35.0 Å². The summed E-state index contributed by atoms with van der Waals surface area (Å²) in [6.07, 6.45) is 0. The van der Waals surface area contributed by atoms with E-state index in [0.29, 0.717) is 10.2 Å². The second-order valence-corrected chi connectivity index (χ2v) is 4.02. The molecule has 7 nitrogen and oxygen atoms in total. The van der Waals surface area contributed by atoms with Crippen LogP contribution in [0, 0.1) is 0 Å². The molecular weight excluding hydrogens is 261 g/mol. The minimum atomic E-state index is 0.0250. The maximum Gasteiger partial charge on any atom is 0.244 e. The first-order chi connectivity index (χ1) is 7.16. The molecular formula is C5H3Cl2N7S. The molecule has 0 aliphatic rings. The maximum atomic E-state index is 5.77. The Morgan fingerprint density at radius 1 is 1.20 bits per heavy atom. The van der Waals surface area contributed by atoms with E-state index in [1.807, 2.05) is 0 Å². The summed E-state index contributed by atoms with van der Waals surface area (Å²) in [4.78, 5) is 3.90. The fourth-order valence-electron chi connectivity index (χ4n) is 0.739. The summed E-state index contributed by atoms with van der Waals surface area (Å²) < 4.78 is 1.48. The highest BCUT2D eigenvalue weighted by molar-refractivity contribution is 7.99. The third-order valence-electron chi connectivity index (χ3n) is 1.36. The van der Waals surface area contributed by atoms with Gasteiger partial charge in [0, 0.05) is 7.05 Å². The van der Waals surface area contributed by atoms with E-state index in [4.69, 9.17) is 23.2 Å². The van der Waals surface area contributed by atoms with E-state index in [-0.39, 0.29) is 10.4 Å². The molecule has 78 valence electrons. The first-order valence-corrected chi connectivity index (χ1v) is 5.20. The Balaban J connectivity index is 2.32. The Kier molecular flexibility index (Phi) is 2.98. The van der Waals surface area contributed by atoms with Crippen molar-refractivity contribution in [2.24, 2.45) is 7.05 Å². The van der Waals surface area contributed by atoms with Crippen LogP contribution in [0.3, 0.4) is 0 Å². The zero-order valence-corrected chi connectivity index (χ0v) is 9.62. The summed E-state index contributed by atoms with van der Waals surface area (Å²) in [5.41, 5.74) is 0. The molecule has 0 amide bonds. The SMILES string of the molecule is Cn1nnnc1Sc1nc(Cl)nnc1Cl. The second-order valence-electron chi connectivity index (χ2n) is 2.36.